The predicted molar refractivity (Wildman–Crippen MR) is 610 cm³/mol. The van der Waals surface area contributed by atoms with E-state index in [1.807, 2.05) is 54.6 Å². The van der Waals surface area contributed by atoms with Crippen LogP contribution in [-0.4, -0.2) is 54.8 Å². The summed E-state index contributed by atoms with van der Waals surface area (Å²) in [5, 5.41) is 22.0. The van der Waals surface area contributed by atoms with Crippen LogP contribution in [0, 0.1) is 36.4 Å². The van der Waals surface area contributed by atoms with E-state index in [4.69, 9.17) is 19.4 Å². The molecule has 149 heavy (non-hydrogen) atoms. The van der Waals surface area contributed by atoms with Gasteiger partial charge >= 0.3 is 0 Å². The van der Waals surface area contributed by atoms with Gasteiger partial charge in [-0.1, -0.05) is 373 Å². The van der Waals surface area contributed by atoms with E-state index in [2.05, 4.69) is 501 Å². The van der Waals surface area contributed by atoms with E-state index < -0.39 is 25.8 Å². The van der Waals surface area contributed by atoms with Gasteiger partial charge < -0.3 is 22.6 Å². The van der Waals surface area contributed by atoms with Crippen LogP contribution in [0.15, 0.2) is 502 Å². The minimum absolute atomic E-state index is 0. The van der Waals surface area contributed by atoms with E-state index in [-0.39, 0.29) is 72.7 Å². The molecule has 15 heteroatoms. The predicted octanol–water partition coefficient (Wildman–Crippen LogP) is 28.8. The summed E-state index contributed by atoms with van der Waals surface area (Å²) in [6.45, 7) is 0. The van der Waals surface area contributed by atoms with Crippen LogP contribution in [0.3, 0.4) is 0 Å². The summed E-state index contributed by atoms with van der Waals surface area (Å²) >= 11 is 0. The van der Waals surface area contributed by atoms with Crippen LogP contribution in [0.25, 0.3) is 204 Å². The molecule has 0 aliphatic heterocycles. The number of hydrogen-bond acceptors (Lipinski definition) is 4. The molecule has 717 valence electrons. The Labute approximate surface area is 912 Å². The number of fused-ring (bicyclic) bond motifs is 24. The van der Waals surface area contributed by atoms with Gasteiger partial charge in [-0.15, -0.1) is 165 Å². The van der Waals surface area contributed by atoms with Gasteiger partial charge in [0.1, 0.15) is 38.9 Å². The molecule has 30 rings (SSSR count). The summed E-state index contributed by atoms with van der Waals surface area (Å²) in [5.41, 5.74) is 27.2. The Kier molecular flexibility index (Phi) is 25.2. The first kappa shape index (κ1) is 94.0. The Morgan fingerprint density at radius 2 is 0.832 bits per heavy atom. The fourth-order valence-corrected chi connectivity index (χ4v) is 31.3. The van der Waals surface area contributed by atoms with Crippen LogP contribution in [0.1, 0.15) is 16.7 Å². The van der Waals surface area contributed by atoms with Gasteiger partial charge in [0, 0.05) is 116 Å². The number of benzene rings is 20. The molecule has 5 radical (unpaired) electrons. The van der Waals surface area contributed by atoms with Gasteiger partial charge in [-0.3, -0.25) is 13.9 Å². The molecule has 0 saturated heterocycles. The number of hydrogen-bond donors (Lipinski definition) is 0. The largest absolute Gasteiger partial charge is 0.519 e. The summed E-state index contributed by atoms with van der Waals surface area (Å²) in [7, 11) is -4.27. The number of nitrogens with zero attached hydrogens (tertiary/aromatic N) is 8. The van der Waals surface area contributed by atoms with E-state index >= 15 is 0 Å². The first-order valence-electron chi connectivity index (χ1n) is 49.4. The zero-order chi connectivity index (χ0) is 96.2. The Balaban J connectivity index is 0.000000115. The van der Waals surface area contributed by atoms with Gasteiger partial charge in [0.05, 0.1) is 38.7 Å². The molecule has 0 bridgehead atoms. The summed E-state index contributed by atoms with van der Waals surface area (Å²) in [6.07, 6.45) is 0. The molecule has 29 aromatic rings. The minimum atomic E-state index is -1.51. The van der Waals surface area contributed by atoms with Crippen molar-refractivity contribution >= 4 is 194 Å². The molecule has 1 atom stereocenters. The van der Waals surface area contributed by atoms with Crippen LogP contribution in [0.2, 0.25) is 0 Å². The van der Waals surface area contributed by atoms with Crippen molar-refractivity contribution in [3.63, 3.8) is 0 Å². The molecule has 0 fully saturated rings. The summed E-state index contributed by atoms with van der Waals surface area (Å²) in [6, 6.07) is 199. The van der Waals surface area contributed by atoms with Gasteiger partial charge in [-0.2, -0.15) is 0 Å². The first-order chi connectivity index (χ1) is 72.5. The monoisotopic (exact) mass is 2500 g/mol. The molecule has 0 amide bonds. The summed E-state index contributed by atoms with van der Waals surface area (Å²) in [4.78, 5) is 16.0. The molecule has 9 heterocycles. The molecule has 1 unspecified atom stereocenters. The molecule has 1 aliphatic rings. The molecular weight excluding hydrogens is 2420 g/mol. The Bertz CT molecular complexity index is 10000. The molecule has 20 aromatic carbocycles. The smallest absolute Gasteiger partial charge is 0.247 e. The molecule has 0 saturated carbocycles. The standard InChI is InChI=1S/C49H30N3Si.C43H27N4P.C42H26NOSi.3Au/c1-3-19-37(20-4-1)53(38-21-5-2-6-22-38)52-46-28-12-10-24-41(46)43-30-29-35-32-44-42-25-9-11-27-45(42)51(49(44)50-47(35)48(43)52)36-18-13-17-34(31-36)40-26-14-16-33-15-7-8-23-39(33)40;1-4-15-30(16-5-1)36-22-14-26-41(44-36)46-40-25-13-12-24-39(40)45-37-28-27-34-33-21-10-11-23-38(33)47(43(34)35(37)29-42(45)46)48(31-17-6-2-7-18-31)32-19-8-3-9-20-32;1-4-13-28(14-5-1)37-25-23-29-15-12-22-35(41(29)43-37)39-27-36-38(44-39)26-24-33-32-20-10-11-21-34(32)42(40(33)36)45(30-16-6-2-7-17-30)31-18-8-3-9-19-31;;;/h1-22,24-30,32H;1-15,17-28H;1-13,15-26,42H;;;/q3*-2;;;/p+1. The SMILES string of the molecule is [Au].[Au].[Au].[c-]1c(-c2cccc3ccc[c-]c23)cccc1-n1c2ccccc2c2cc3ccc4c5ccccc5n([Si](c5ccccc5)c5ccccc5)c4c3nc21.[c-]1ccccc1-c1ccc2cccc(-c3[c-]c4c5c(ccc4o3)-c3ccccc3C5[Si](c3ccccc3)c3ccccc3)c2n1.[c-]1ccccc1-c1cccc(-n2c3ccccc3n3c4ccc5c6ccccc6n([PH+](c6ccccc6)c6ccccc6)c5c4[c-]c23)n1. The van der Waals surface area contributed by atoms with Crippen molar-refractivity contribution in [2.45, 2.75) is 5.54 Å². The topological polar surface area (TPSA) is 75.9 Å². The van der Waals surface area contributed by atoms with E-state index in [1.54, 1.807) is 0 Å². The molecular formula is C134H84Au3N8OPSi2-5. The van der Waals surface area contributed by atoms with Gasteiger partial charge in [-0.05, 0) is 138 Å². The van der Waals surface area contributed by atoms with Crippen molar-refractivity contribution in [1.82, 2.24) is 37.1 Å². The van der Waals surface area contributed by atoms with Crippen molar-refractivity contribution in [1.29, 1.82) is 0 Å². The van der Waals surface area contributed by atoms with Gasteiger partial charge in [-0.25, -0.2) is 4.98 Å². The van der Waals surface area contributed by atoms with Crippen LogP contribution >= 0.6 is 8.07 Å². The van der Waals surface area contributed by atoms with Crippen molar-refractivity contribution in [3.8, 4) is 67.6 Å². The third-order valence-corrected chi connectivity index (χ3v) is 37.3. The van der Waals surface area contributed by atoms with Crippen LogP contribution < -0.4 is 31.4 Å². The van der Waals surface area contributed by atoms with Crippen LogP contribution in [-0.2, 0) is 67.1 Å². The summed E-state index contributed by atoms with van der Waals surface area (Å²) in [5.74, 6) is 1.57. The molecule has 1 aliphatic carbocycles. The maximum atomic E-state index is 6.68. The maximum Gasteiger partial charge on any atom is 0.247 e. The molecule has 9 aromatic heterocycles. The van der Waals surface area contributed by atoms with E-state index in [1.165, 1.54) is 108 Å². The van der Waals surface area contributed by atoms with Crippen LogP contribution in [0.4, 0.5) is 0 Å². The number of aromatic nitrogens is 8. The van der Waals surface area contributed by atoms with Crippen molar-refractivity contribution in [3.05, 3.63) is 545 Å². The second-order valence-corrected chi connectivity index (χ2v) is 44.3. The molecule has 0 spiro atoms. The van der Waals surface area contributed by atoms with Gasteiger partial charge in [0.25, 0.3) is 0 Å². The third-order valence-electron chi connectivity index (χ3n) is 28.8. The zero-order valence-electron chi connectivity index (χ0n) is 79.8. The van der Waals surface area contributed by atoms with E-state index in [0.717, 1.165) is 133 Å². The van der Waals surface area contributed by atoms with Gasteiger partial charge in [0.15, 0.2) is 0 Å². The first-order valence-corrected chi connectivity index (χ1v) is 53.9. The maximum absolute atomic E-state index is 6.68. The number of furan rings is 1. The van der Waals surface area contributed by atoms with Gasteiger partial charge in [0.2, 0.25) is 8.96 Å². The minimum Gasteiger partial charge on any atom is -0.519 e. The third kappa shape index (κ3) is 16.3. The fraction of sp³-hybridized carbons (Fsp3) is 0.00746. The number of para-hydroxylation sites is 6. The average Bonchev–Trinajstić information content (AvgIpc) is 1.54. The van der Waals surface area contributed by atoms with Crippen LogP contribution in [0.5, 0.6) is 0 Å². The van der Waals surface area contributed by atoms with Crippen molar-refractivity contribution in [2.75, 3.05) is 0 Å². The summed E-state index contributed by atoms with van der Waals surface area (Å²) < 4.78 is 18.8. The van der Waals surface area contributed by atoms with Crippen molar-refractivity contribution < 1.29 is 71.6 Å². The zero-order valence-corrected chi connectivity index (χ0v) is 89.3. The quantitative estimate of drug-likeness (QED) is 0.0582. The number of imidazole rings is 1. The number of rotatable bonds is 15. The second-order valence-electron chi connectivity index (χ2n) is 37.1. The van der Waals surface area contributed by atoms with E-state index in [9.17, 15) is 0 Å². The molecule has 9 nitrogen and oxygen atoms in total. The average molecular weight is 2500 g/mol. The number of pyridine rings is 3. The Morgan fingerprint density at radius 1 is 0.302 bits per heavy atom. The van der Waals surface area contributed by atoms with Crippen molar-refractivity contribution in [2.24, 2.45) is 0 Å². The van der Waals surface area contributed by atoms with E-state index in [0.29, 0.717) is 5.76 Å². The Morgan fingerprint density at radius 3 is 1.52 bits per heavy atom. The second kappa shape index (κ2) is 40.0. The fourth-order valence-electron chi connectivity index (χ4n) is 22.5. The molecule has 0 N–H and O–H groups in total. The Hall–Kier alpha value is -16.0. The normalized spacial score (nSPS) is 12.2.